The quantitative estimate of drug-likeness (QED) is 0.491. The van der Waals surface area contributed by atoms with Gasteiger partial charge in [0, 0.05) is 0 Å². The van der Waals surface area contributed by atoms with Crippen molar-refractivity contribution < 1.29 is 27.9 Å². The van der Waals surface area contributed by atoms with Gasteiger partial charge < -0.3 is 27.9 Å². The number of hydrogen-bond donors (Lipinski definition) is 0. The third kappa shape index (κ3) is 4.32. The highest BCUT2D eigenvalue weighted by atomic mass is 16.7. The summed E-state index contributed by atoms with van der Waals surface area (Å²) in [4.78, 5) is 0. The molecule has 0 aromatic heterocycles. The molecule has 198 valence electrons. The van der Waals surface area contributed by atoms with E-state index in [2.05, 4.69) is 114 Å². The van der Waals surface area contributed by atoms with Gasteiger partial charge in [-0.25, -0.2) is 0 Å². The van der Waals surface area contributed by atoms with E-state index in [0.717, 1.165) is 5.56 Å². The summed E-state index contributed by atoms with van der Waals surface area (Å²) in [5.74, 6) is 0. The van der Waals surface area contributed by atoms with E-state index in [-0.39, 0.29) is 0 Å². The maximum Gasteiger partial charge on any atom is 0.460 e. The maximum absolute atomic E-state index is 6.78. The average molecular weight is 498 g/mol. The Morgan fingerprint density at radius 2 is 0.750 bits per heavy atom. The van der Waals surface area contributed by atoms with Gasteiger partial charge in [0.1, 0.15) is 0 Å². The summed E-state index contributed by atoms with van der Waals surface area (Å²) in [6.07, 6.45) is 0.526. The Bertz CT molecular complexity index is 849. The molecule has 3 heterocycles. The lowest BCUT2D eigenvalue weighted by Crippen LogP contribution is -2.59. The fourth-order valence-electron chi connectivity index (χ4n) is 4.83. The third-order valence-electron chi connectivity index (χ3n) is 9.71. The minimum absolute atomic E-state index is 0.526. The highest BCUT2D eigenvalue weighted by Crippen LogP contribution is 2.57. The molecule has 0 radical (unpaired) electrons. The van der Waals surface area contributed by atoms with Gasteiger partial charge in [-0.2, -0.15) is 0 Å². The molecule has 3 saturated heterocycles. The van der Waals surface area contributed by atoms with E-state index >= 15 is 0 Å². The molecule has 0 spiro atoms. The molecule has 3 aliphatic heterocycles. The zero-order valence-corrected chi connectivity index (χ0v) is 24.7. The van der Waals surface area contributed by atoms with Gasteiger partial charge in [0.25, 0.3) is 0 Å². The normalized spacial score (nSPS) is 27.6. The molecule has 0 atom stereocenters. The van der Waals surface area contributed by atoms with E-state index in [9.17, 15) is 0 Å². The van der Waals surface area contributed by atoms with Gasteiger partial charge >= 0.3 is 21.4 Å². The molecule has 4 rings (SSSR count). The number of benzene rings is 1. The number of hydrogen-bond acceptors (Lipinski definition) is 6. The summed E-state index contributed by atoms with van der Waals surface area (Å²) in [5.41, 5.74) is -1.00. The van der Waals surface area contributed by atoms with Crippen molar-refractivity contribution in [1.29, 1.82) is 0 Å². The molecule has 1 aromatic rings. The van der Waals surface area contributed by atoms with E-state index in [1.54, 1.807) is 0 Å². The predicted molar refractivity (Wildman–Crippen MR) is 146 cm³/mol. The molecule has 9 heteroatoms. The van der Waals surface area contributed by atoms with E-state index in [4.69, 9.17) is 27.9 Å². The van der Waals surface area contributed by atoms with Crippen molar-refractivity contribution in [1.82, 2.24) is 0 Å². The lowest BCUT2D eigenvalue weighted by Gasteiger charge is -2.38. The third-order valence-corrected chi connectivity index (χ3v) is 9.71. The second-order valence-corrected chi connectivity index (χ2v) is 14.0. The van der Waals surface area contributed by atoms with Gasteiger partial charge in [-0.3, -0.25) is 0 Å². The molecule has 0 amide bonds. The standard InChI is InChI=1S/C27H45B3O6/c1-19-14-16-20(17-15-19)18-27(28-31-21(2,3)22(4,5)32-28,29-33-23(6,7)24(8,9)34-29)30-35-25(10,11)26(12,13)36-30/h14-17H,18H2,1-13H3. The van der Waals surface area contributed by atoms with Crippen LogP contribution in [0.1, 0.15) is 94.2 Å². The topological polar surface area (TPSA) is 55.4 Å². The van der Waals surface area contributed by atoms with Crippen LogP contribution in [-0.2, 0) is 34.3 Å². The first-order valence-electron chi connectivity index (χ1n) is 13.3. The van der Waals surface area contributed by atoms with Gasteiger partial charge in [0.15, 0.2) is 0 Å². The first-order valence-corrected chi connectivity index (χ1v) is 13.3. The Kier molecular flexibility index (Phi) is 6.53. The van der Waals surface area contributed by atoms with E-state index in [1.807, 2.05) is 0 Å². The Balaban J connectivity index is 1.91. The monoisotopic (exact) mass is 498 g/mol. The van der Waals surface area contributed by atoms with Crippen molar-refractivity contribution in [3.8, 4) is 0 Å². The van der Waals surface area contributed by atoms with Crippen LogP contribution in [0.4, 0.5) is 0 Å². The van der Waals surface area contributed by atoms with Crippen molar-refractivity contribution in [2.45, 2.75) is 135 Å². The van der Waals surface area contributed by atoms with Crippen molar-refractivity contribution in [3.63, 3.8) is 0 Å². The van der Waals surface area contributed by atoms with Gasteiger partial charge in [-0.05, 0) is 102 Å². The van der Waals surface area contributed by atoms with Crippen LogP contribution in [0, 0.1) is 6.92 Å². The van der Waals surface area contributed by atoms with Crippen molar-refractivity contribution in [2.24, 2.45) is 0 Å². The van der Waals surface area contributed by atoms with E-state index in [0.29, 0.717) is 6.42 Å². The molecule has 1 aromatic carbocycles. The van der Waals surface area contributed by atoms with Gasteiger partial charge in [-0.15, -0.1) is 0 Å². The van der Waals surface area contributed by atoms with Crippen molar-refractivity contribution >= 4 is 21.4 Å². The van der Waals surface area contributed by atoms with Crippen LogP contribution in [0.5, 0.6) is 0 Å². The molecule has 36 heavy (non-hydrogen) atoms. The Morgan fingerprint density at radius 3 is 1.00 bits per heavy atom. The first kappa shape index (κ1) is 28.2. The molecule has 0 N–H and O–H groups in total. The molecule has 0 bridgehead atoms. The first-order chi connectivity index (χ1) is 16.2. The molecule has 0 aliphatic carbocycles. The molecule has 3 aliphatic rings. The minimum Gasteiger partial charge on any atom is -0.403 e. The maximum atomic E-state index is 6.78. The van der Waals surface area contributed by atoms with Gasteiger partial charge in [0.05, 0.1) is 38.7 Å². The second kappa shape index (κ2) is 8.34. The highest BCUT2D eigenvalue weighted by molar-refractivity contribution is 6.89. The van der Waals surface area contributed by atoms with E-state index in [1.165, 1.54) is 5.56 Å². The molecule has 3 fully saturated rings. The zero-order chi connectivity index (χ0) is 27.2. The van der Waals surface area contributed by atoms with Crippen LogP contribution >= 0.6 is 0 Å². The zero-order valence-electron chi connectivity index (χ0n) is 24.7. The molecular weight excluding hydrogens is 453 g/mol. The van der Waals surface area contributed by atoms with Crippen LogP contribution in [0.15, 0.2) is 24.3 Å². The number of aryl methyl sites for hydroxylation is 1. The molecule has 0 unspecified atom stereocenters. The molecule has 0 saturated carbocycles. The Hall–Kier alpha value is -0.825. The van der Waals surface area contributed by atoms with Gasteiger partial charge in [-0.1, -0.05) is 29.8 Å². The summed E-state index contributed by atoms with van der Waals surface area (Å²) in [5, 5.41) is -0.962. The summed E-state index contributed by atoms with van der Waals surface area (Å²) in [6.45, 7) is 26.9. The van der Waals surface area contributed by atoms with Crippen LogP contribution < -0.4 is 0 Å². The highest BCUT2D eigenvalue weighted by Gasteiger charge is 2.77. The largest absolute Gasteiger partial charge is 0.460 e. The Morgan fingerprint density at radius 1 is 0.500 bits per heavy atom. The van der Waals surface area contributed by atoms with Crippen LogP contribution in [0.25, 0.3) is 0 Å². The fourth-order valence-corrected chi connectivity index (χ4v) is 4.83. The smallest absolute Gasteiger partial charge is 0.403 e. The average Bonchev–Trinajstić information content (AvgIpc) is 3.16. The van der Waals surface area contributed by atoms with Crippen LogP contribution in [0.2, 0.25) is 5.11 Å². The van der Waals surface area contributed by atoms with Crippen LogP contribution in [-0.4, -0.2) is 55.0 Å². The van der Waals surface area contributed by atoms with Crippen molar-refractivity contribution in [2.75, 3.05) is 0 Å². The van der Waals surface area contributed by atoms with Gasteiger partial charge in [0.2, 0.25) is 0 Å². The Labute approximate surface area is 219 Å². The summed E-state index contributed by atoms with van der Waals surface area (Å²) in [6, 6.07) is 8.54. The molecular formula is C27H45B3O6. The summed E-state index contributed by atoms with van der Waals surface area (Å²) < 4.78 is 40.7. The van der Waals surface area contributed by atoms with Crippen LogP contribution in [0.3, 0.4) is 0 Å². The second-order valence-electron chi connectivity index (χ2n) is 14.0. The number of rotatable bonds is 5. The fraction of sp³-hybridized carbons (Fsp3) is 0.778. The minimum atomic E-state index is -0.962. The van der Waals surface area contributed by atoms with Crippen molar-refractivity contribution in [3.05, 3.63) is 35.4 Å². The predicted octanol–water partition coefficient (Wildman–Crippen LogP) is 5.63. The summed E-state index contributed by atoms with van der Waals surface area (Å²) in [7, 11) is -2.10. The lowest BCUT2D eigenvalue weighted by molar-refractivity contribution is 0.00578. The SMILES string of the molecule is Cc1ccc(CC(B2OC(C)(C)C(C)(C)O2)(B2OC(C)(C)C(C)(C)O2)B2OC(C)(C)C(C)(C)O2)cc1. The molecule has 6 nitrogen and oxygen atoms in total. The lowest BCUT2D eigenvalue weighted by atomic mass is 9.23. The van der Waals surface area contributed by atoms with E-state index < -0.39 is 60.1 Å². The summed E-state index contributed by atoms with van der Waals surface area (Å²) >= 11 is 0.